The minimum absolute atomic E-state index is 1.24. The molecule has 0 amide bonds. The maximum Gasteiger partial charge on any atom is 0.0198 e. The largest absolute Gasteiger partial charge is 0.179 e. The van der Waals surface area contributed by atoms with E-state index in [4.69, 9.17) is 0 Å². The summed E-state index contributed by atoms with van der Waals surface area (Å²) in [5.74, 6) is 2.48. The molecule has 0 saturated carbocycles. The second-order valence-corrected chi connectivity index (χ2v) is 3.98. The molecule has 0 unspecified atom stereocenters. The Bertz CT molecular complexity index is 68.4. The first-order valence-electron chi connectivity index (χ1n) is 2.54. The third-order valence-corrected chi connectivity index (χ3v) is 3.41. The van der Waals surface area contributed by atoms with Gasteiger partial charge in [0.1, 0.15) is 0 Å². The van der Waals surface area contributed by atoms with Gasteiger partial charge in [0.15, 0.2) is 0 Å². The van der Waals surface area contributed by atoms with E-state index in [2.05, 4.69) is 22.9 Å². The number of hydrazine groups is 1. The predicted octanol–water partition coefficient (Wildman–Crippen LogP) is 1.08. The number of hydrogen-bond donors (Lipinski definition) is 0. The van der Waals surface area contributed by atoms with Crippen molar-refractivity contribution in [1.82, 2.24) is 8.83 Å². The van der Waals surface area contributed by atoms with E-state index in [1.165, 1.54) is 11.5 Å². The predicted molar refractivity (Wildman–Crippen MR) is 40.4 cm³/mol. The Kier molecular flexibility index (Phi) is 2.49. The van der Waals surface area contributed by atoms with Gasteiger partial charge in [0, 0.05) is 25.6 Å². The maximum absolute atomic E-state index is 2.15. The average molecular weight is 150 g/mol. The van der Waals surface area contributed by atoms with Gasteiger partial charge < -0.3 is 0 Å². The molecule has 0 aromatic rings. The molecule has 48 valence electrons. The van der Waals surface area contributed by atoms with E-state index in [1.807, 2.05) is 23.9 Å². The van der Waals surface area contributed by atoms with Gasteiger partial charge in [-0.1, -0.05) is 23.9 Å². The molecule has 2 nitrogen and oxygen atoms in total. The van der Waals surface area contributed by atoms with Gasteiger partial charge in [0.05, 0.1) is 0 Å². The third kappa shape index (κ3) is 1.55. The summed E-state index contributed by atoms with van der Waals surface area (Å²) in [5.41, 5.74) is 0. The molecule has 0 aromatic heterocycles. The SMILES string of the molecule is CN1SCCSN1C. The van der Waals surface area contributed by atoms with Crippen LogP contribution in [0, 0.1) is 0 Å². The van der Waals surface area contributed by atoms with Crippen molar-refractivity contribution in [2.75, 3.05) is 25.6 Å². The van der Waals surface area contributed by atoms with Gasteiger partial charge in [-0.2, -0.15) is 8.83 Å². The van der Waals surface area contributed by atoms with Crippen molar-refractivity contribution >= 4 is 23.9 Å². The Balaban J connectivity index is 2.28. The summed E-state index contributed by atoms with van der Waals surface area (Å²) in [4.78, 5) is 0. The van der Waals surface area contributed by atoms with Gasteiger partial charge in [-0.15, -0.1) is 0 Å². The number of rotatable bonds is 0. The molecular weight excluding hydrogens is 140 g/mol. The van der Waals surface area contributed by atoms with Gasteiger partial charge in [0.2, 0.25) is 0 Å². The fourth-order valence-electron chi connectivity index (χ4n) is 0.501. The summed E-state index contributed by atoms with van der Waals surface area (Å²) in [6.07, 6.45) is 0. The van der Waals surface area contributed by atoms with E-state index in [9.17, 15) is 0 Å². The van der Waals surface area contributed by atoms with Crippen molar-refractivity contribution in [3.63, 3.8) is 0 Å². The van der Waals surface area contributed by atoms with Crippen LogP contribution in [0.1, 0.15) is 0 Å². The van der Waals surface area contributed by atoms with E-state index in [-0.39, 0.29) is 0 Å². The van der Waals surface area contributed by atoms with Gasteiger partial charge in [0.25, 0.3) is 0 Å². The lowest BCUT2D eigenvalue weighted by molar-refractivity contribution is 0.284. The van der Waals surface area contributed by atoms with Crippen LogP contribution in [0.2, 0.25) is 0 Å². The highest BCUT2D eigenvalue weighted by Crippen LogP contribution is 2.23. The number of nitrogens with zero attached hydrogens (tertiary/aromatic N) is 2. The van der Waals surface area contributed by atoms with Crippen LogP contribution in [0.4, 0.5) is 0 Å². The van der Waals surface area contributed by atoms with Crippen LogP contribution in [0.15, 0.2) is 0 Å². The molecule has 1 fully saturated rings. The van der Waals surface area contributed by atoms with Crippen molar-refractivity contribution in [3.05, 3.63) is 0 Å². The number of hydrogen-bond acceptors (Lipinski definition) is 4. The highest BCUT2D eigenvalue weighted by Gasteiger charge is 2.11. The van der Waals surface area contributed by atoms with Gasteiger partial charge >= 0.3 is 0 Å². The summed E-state index contributed by atoms with van der Waals surface area (Å²) in [6.45, 7) is 0. The minimum atomic E-state index is 1.24. The van der Waals surface area contributed by atoms with E-state index in [0.29, 0.717) is 0 Å². The normalized spacial score (nSPS) is 26.2. The summed E-state index contributed by atoms with van der Waals surface area (Å²) in [7, 11) is 4.16. The molecule has 1 saturated heterocycles. The Morgan fingerprint density at radius 2 is 1.38 bits per heavy atom. The first-order chi connectivity index (χ1) is 3.80. The van der Waals surface area contributed by atoms with Crippen molar-refractivity contribution in [1.29, 1.82) is 0 Å². The zero-order chi connectivity index (χ0) is 5.98. The van der Waals surface area contributed by atoms with Crippen molar-refractivity contribution in [3.8, 4) is 0 Å². The van der Waals surface area contributed by atoms with Crippen LogP contribution in [0.5, 0.6) is 0 Å². The molecule has 0 aromatic carbocycles. The van der Waals surface area contributed by atoms with E-state index in [0.717, 1.165) is 0 Å². The fourth-order valence-corrected chi connectivity index (χ4v) is 2.23. The molecule has 0 atom stereocenters. The smallest absolute Gasteiger partial charge is 0.0198 e. The van der Waals surface area contributed by atoms with Gasteiger partial charge in [-0.25, -0.2) is 0 Å². The summed E-state index contributed by atoms with van der Waals surface area (Å²) in [6, 6.07) is 0. The minimum Gasteiger partial charge on any atom is -0.179 e. The Hall–Kier alpha value is 0.620. The molecule has 0 spiro atoms. The third-order valence-electron chi connectivity index (χ3n) is 1.04. The topological polar surface area (TPSA) is 6.48 Å². The van der Waals surface area contributed by atoms with Crippen LogP contribution in [0.3, 0.4) is 0 Å². The van der Waals surface area contributed by atoms with E-state index < -0.39 is 0 Å². The van der Waals surface area contributed by atoms with Crippen LogP contribution < -0.4 is 0 Å². The Morgan fingerprint density at radius 3 is 1.62 bits per heavy atom. The molecule has 0 bridgehead atoms. The summed E-state index contributed by atoms with van der Waals surface area (Å²) in [5, 5.41) is 0. The van der Waals surface area contributed by atoms with Crippen molar-refractivity contribution in [2.45, 2.75) is 0 Å². The molecule has 1 rings (SSSR count). The second-order valence-electron chi connectivity index (χ2n) is 1.59. The average Bonchev–Trinajstić information content (AvgIpc) is 1.77. The summed E-state index contributed by atoms with van der Waals surface area (Å²) < 4.78 is 4.29. The first-order valence-corrected chi connectivity index (χ1v) is 4.42. The Labute approximate surface area is 58.8 Å². The van der Waals surface area contributed by atoms with Crippen LogP contribution in [-0.4, -0.2) is 34.4 Å². The highest BCUT2D eigenvalue weighted by molar-refractivity contribution is 8.03. The first kappa shape index (κ1) is 6.74. The zero-order valence-corrected chi connectivity index (χ0v) is 6.76. The van der Waals surface area contributed by atoms with Crippen LogP contribution in [0.25, 0.3) is 0 Å². The lowest BCUT2D eigenvalue weighted by atomic mass is 11.0. The lowest BCUT2D eigenvalue weighted by Gasteiger charge is -2.29. The summed E-state index contributed by atoms with van der Waals surface area (Å²) >= 11 is 3.73. The fraction of sp³-hybridized carbons (Fsp3) is 1.00. The monoisotopic (exact) mass is 150 g/mol. The van der Waals surface area contributed by atoms with Crippen LogP contribution in [-0.2, 0) is 0 Å². The molecule has 1 aliphatic heterocycles. The molecule has 1 heterocycles. The molecule has 0 radical (unpaired) electrons. The lowest BCUT2D eigenvalue weighted by Crippen LogP contribution is -2.29. The standard InChI is InChI=1S/C4H10N2S2/c1-5-6(2)8-4-3-7-5/h3-4H2,1-2H3. The maximum atomic E-state index is 2.15. The molecule has 0 aliphatic carbocycles. The van der Waals surface area contributed by atoms with Crippen molar-refractivity contribution < 1.29 is 0 Å². The molecule has 4 heteroatoms. The van der Waals surface area contributed by atoms with Crippen LogP contribution >= 0.6 is 23.9 Å². The van der Waals surface area contributed by atoms with Gasteiger partial charge in [-0.3, -0.25) is 0 Å². The van der Waals surface area contributed by atoms with Crippen molar-refractivity contribution in [2.24, 2.45) is 0 Å². The molecule has 1 aliphatic rings. The Morgan fingerprint density at radius 1 is 1.00 bits per heavy atom. The zero-order valence-electron chi connectivity index (χ0n) is 5.13. The second kappa shape index (κ2) is 2.96. The molecule has 0 N–H and O–H groups in total. The molecular formula is C4H10N2S2. The van der Waals surface area contributed by atoms with E-state index >= 15 is 0 Å². The van der Waals surface area contributed by atoms with Gasteiger partial charge in [-0.05, 0) is 0 Å². The highest BCUT2D eigenvalue weighted by atomic mass is 32.2. The van der Waals surface area contributed by atoms with E-state index in [1.54, 1.807) is 0 Å². The molecule has 8 heavy (non-hydrogen) atoms. The quantitative estimate of drug-likeness (QED) is 0.476.